The molecular weight excluding hydrogens is 977 g/mol. The second-order valence-electron chi connectivity index (χ2n) is 12.9. The Hall–Kier alpha value is -6.16. The smallest absolute Gasteiger partial charge is 0.295 e. The van der Waals surface area contributed by atoms with Gasteiger partial charge >= 0.3 is 0 Å². The molecule has 6 aromatic carbocycles. The third-order valence-corrected chi connectivity index (χ3v) is 14.0. The average molecular weight is 1000 g/mol. The van der Waals surface area contributed by atoms with Crippen LogP contribution in [0.5, 0.6) is 11.5 Å². The first-order valence-corrected chi connectivity index (χ1v) is 25.2. The highest BCUT2D eigenvalue weighted by Gasteiger charge is 2.25. The van der Waals surface area contributed by atoms with E-state index in [1.54, 1.807) is 0 Å². The highest BCUT2D eigenvalue weighted by molar-refractivity contribution is 7.87. The number of benzene rings is 6. The van der Waals surface area contributed by atoms with Gasteiger partial charge < -0.3 is 10.2 Å². The van der Waals surface area contributed by atoms with Gasteiger partial charge in [-0.15, -0.1) is 10.2 Å². The minimum absolute atomic E-state index is 0.338. The van der Waals surface area contributed by atoms with Crippen molar-refractivity contribution in [2.75, 3.05) is 0 Å². The number of phenolic OH excluding ortho intramolecular Hbond substituents is 2. The molecule has 24 nitrogen and oxygen atoms in total. The van der Waals surface area contributed by atoms with Crippen molar-refractivity contribution in [2.24, 2.45) is 20.5 Å². The summed E-state index contributed by atoms with van der Waals surface area (Å²) in [4.78, 5) is -5.84. The molecule has 6 aromatic rings. The van der Waals surface area contributed by atoms with Crippen molar-refractivity contribution < 1.29 is 88.0 Å². The monoisotopic (exact) mass is 1000 g/mol. The maximum atomic E-state index is 12.5. The molecule has 0 saturated heterocycles. The summed E-state index contributed by atoms with van der Waals surface area (Å²) < 4.78 is 204. The third kappa shape index (κ3) is 10.1. The minimum Gasteiger partial charge on any atom is -0.506 e. The fourth-order valence-electron chi connectivity index (χ4n) is 5.92. The van der Waals surface area contributed by atoms with Crippen molar-refractivity contribution in [1.82, 2.24) is 0 Å². The standard InChI is InChI=1S/C34H24N4O20S6/c39-27-9-7-23-25(13-21(59(41,42)43)15-31(23)63(53,54)55)33(27)37-35-19-5-3-17(29(11-19)61(47,48)49)1-2-18-4-6-20(12-30(18)62(50,51)52)36-38-34-26-14-22(60(44,45)46)16-32(64(56,57)58)24(26)8-10-28(34)40/h1-16,39-40H,(H,41,42,43)(H,44,45,46)(H,47,48,49)(H,50,51,52)(H,53,54,55)(H,56,57,58)/b2-1+,37-35?,38-36?. The van der Waals surface area contributed by atoms with Gasteiger partial charge in [-0.1, -0.05) is 24.3 Å². The molecule has 0 atom stereocenters. The summed E-state index contributed by atoms with van der Waals surface area (Å²) in [5.41, 5.74) is -2.69. The normalized spacial score (nSPS) is 13.5. The molecule has 0 fully saturated rings. The minimum atomic E-state index is -5.15. The van der Waals surface area contributed by atoms with E-state index < -0.39 is 124 Å². The Morgan fingerprint density at radius 1 is 0.344 bits per heavy atom. The van der Waals surface area contributed by atoms with Crippen LogP contribution >= 0.6 is 0 Å². The quantitative estimate of drug-likeness (QED) is 0.0402. The van der Waals surface area contributed by atoms with Gasteiger partial charge in [-0.2, -0.15) is 60.7 Å². The Kier molecular flexibility index (Phi) is 12.2. The summed E-state index contributed by atoms with van der Waals surface area (Å²) in [6.07, 6.45) is 1.93. The molecule has 0 amide bonds. The molecule has 0 bridgehead atoms. The molecule has 0 radical (unpaired) electrons. The SMILES string of the molecule is O=S(=O)(O)c1cc(S(=O)(=O)O)c2ccc(O)c(N=Nc3ccc(/C=C/c4ccc(N=Nc5c(O)ccc6c(S(=O)(=O)O)cc(S(=O)(=O)O)cc56)cc4S(=O)(=O)O)c(S(=O)(=O)O)c3)c2c1. The van der Waals surface area contributed by atoms with E-state index in [1.165, 1.54) is 0 Å². The zero-order chi connectivity index (χ0) is 47.5. The van der Waals surface area contributed by atoms with Crippen LogP contribution in [0.1, 0.15) is 11.1 Å². The Morgan fingerprint density at radius 3 is 0.969 bits per heavy atom. The van der Waals surface area contributed by atoms with E-state index >= 15 is 0 Å². The van der Waals surface area contributed by atoms with Gasteiger partial charge in [0.2, 0.25) is 0 Å². The predicted molar refractivity (Wildman–Crippen MR) is 220 cm³/mol. The molecule has 0 saturated carbocycles. The molecular formula is C34H24N4O20S6. The van der Waals surface area contributed by atoms with E-state index in [0.717, 1.165) is 72.8 Å². The molecule has 0 aromatic heterocycles. The van der Waals surface area contributed by atoms with E-state index in [0.29, 0.717) is 24.3 Å². The molecule has 6 rings (SSSR count). The molecule has 0 spiro atoms. The number of nitrogens with zero attached hydrogens (tertiary/aromatic N) is 4. The lowest BCUT2D eigenvalue weighted by molar-refractivity contribution is 0.475. The number of phenols is 2. The predicted octanol–water partition coefficient (Wildman–Crippen LogP) is 5.89. The number of fused-ring (bicyclic) bond motifs is 2. The second-order valence-corrected chi connectivity index (χ2v) is 21.3. The number of hydrogen-bond donors (Lipinski definition) is 8. The van der Waals surface area contributed by atoms with Crippen LogP contribution in [0.4, 0.5) is 22.7 Å². The van der Waals surface area contributed by atoms with Crippen LogP contribution in [0.2, 0.25) is 0 Å². The van der Waals surface area contributed by atoms with Crippen LogP contribution < -0.4 is 0 Å². The topological polar surface area (TPSA) is 416 Å². The Bertz CT molecular complexity index is 3550. The van der Waals surface area contributed by atoms with Crippen LogP contribution in [-0.2, 0) is 60.7 Å². The molecule has 0 aliphatic heterocycles. The Morgan fingerprint density at radius 2 is 0.672 bits per heavy atom. The number of aromatic hydroxyl groups is 2. The lowest BCUT2D eigenvalue weighted by Crippen LogP contribution is -2.04. The summed E-state index contributed by atoms with van der Waals surface area (Å²) in [5.74, 6) is -1.48. The van der Waals surface area contributed by atoms with Crippen LogP contribution in [0.3, 0.4) is 0 Å². The first-order valence-electron chi connectivity index (χ1n) is 16.6. The third-order valence-electron chi connectivity index (χ3n) is 8.72. The van der Waals surface area contributed by atoms with Gasteiger partial charge in [0.1, 0.15) is 42.5 Å². The maximum absolute atomic E-state index is 12.5. The lowest BCUT2D eigenvalue weighted by atomic mass is 10.1. The van der Waals surface area contributed by atoms with Crippen molar-refractivity contribution in [3.8, 4) is 11.5 Å². The first-order chi connectivity index (χ1) is 29.3. The van der Waals surface area contributed by atoms with Gasteiger partial charge in [-0.05, 0) is 83.9 Å². The van der Waals surface area contributed by atoms with Crippen molar-refractivity contribution in [3.63, 3.8) is 0 Å². The maximum Gasteiger partial charge on any atom is 0.295 e. The Labute approximate surface area is 360 Å². The van der Waals surface area contributed by atoms with Gasteiger partial charge in [0, 0.05) is 21.5 Å². The van der Waals surface area contributed by atoms with E-state index in [2.05, 4.69) is 20.5 Å². The van der Waals surface area contributed by atoms with Crippen LogP contribution in [0.25, 0.3) is 33.7 Å². The molecule has 0 unspecified atom stereocenters. The van der Waals surface area contributed by atoms with Gasteiger partial charge in [0.15, 0.2) is 0 Å². The molecule has 0 heterocycles. The molecule has 8 N–H and O–H groups in total. The summed E-state index contributed by atoms with van der Waals surface area (Å²) in [6, 6.07) is 11.7. The highest BCUT2D eigenvalue weighted by Crippen LogP contribution is 2.42. The first kappa shape index (κ1) is 47.3. The fraction of sp³-hybridized carbons (Fsp3) is 0. The second kappa shape index (κ2) is 16.4. The average Bonchev–Trinajstić information content (AvgIpc) is 3.16. The molecule has 0 aliphatic rings. The fourth-order valence-corrected chi connectivity index (χ4v) is 10.0. The molecule has 64 heavy (non-hydrogen) atoms. The number of azo groups is 2. The lowest BCUT2D eigenvalue weighted by Gasteiger charge is -2.10. The van der Waals surface area contributed by atoms with E-state index in [9.17, 15) is 88.0 Å². The van der Waals surface area contributed by atoms with E-state index in [1.807, 2.05) is 0 Å². The molecule has 0 aliphatic carbocycles. The van der Waals surface area contributed by atoms with Gasteiger partial charge in [-0.25, -0.2) is 0 Å². The summed E-state index contributed by atoms with van der Waals surface area (Å²) >= 11 is 0. The van der Waals surface area contributed by atoms with Gasteiger partial charge in [0.05, 0.1) is 21.2 Å². The zero-order valence-electron chi connectivity index (χ0n) is 31.0. The number of hydrogen-bond acceptors (Lipinski definition) is 18. The highest BCUT2D eigenvalue weighted by atomic mass is 32.2. The van der Waals surface area contributed by atoms with Crippen molar-refractivity contribution in [2.45, 2.75) is 29.4 Å². The van der Waals surface area contributed by atoms with Crippen molar-refractivity contribution in [1.29, 1.82) is 0 Å². The van der Waals surface area contributed by atoms with Crippen LogP contribution in [0, 0.1) is 0 Å². The molecule has 336 valence electrons. The van der Waals surface area contributed by atoms with Crippen LogP contribution in [-0.4, -0.2) is 88.0 Å². The van der Waals surface area contributed by atoms with Crippen LogP contribution in [0.15, 0.2) is 135 Å². The summed E-state index contributed by atoms with van der Waals surface area (Å²) in [5, 5.41) is 34.4. The Balaban J connectivity index is 1.40. The summed E-state index contributed by atoms with van der Waals surface area (Å²) in [7, 11) is -30.8. The van der Waals surface area contributed by atoms with Crippen molar-refractivity contribution in [3.05, 3.63) is 96.1 Å². The largest absolute Gasteiger partial charge is 0.506 e. The summed E-state index contributed by atoms with van der Waals surface area (Å²) in [6.45, 7) is 0. The zero-order valence-corrected chi connectivity index (χ0v) is 35.9. The van der Waals surface area contributed by atoms with Gasteiger partial charge in [-0.3, -0.25) is 27.3 Å². The van der Waals surface area contributed by atoms with E-state index in [4.69, 9.17) is 0 Å². The number of rotatable bonds is 12. The van der Waals surface area contributed by atoms with Crippen molar-refractivity contribution >= 4 is 117 Å². The van der Waals surface area contributed by atoms with Gasteiger partial charge in [0.25, 0.3) is 60.7 Å². The van der Waals surface area contributed by atoms with E-state index in [-0.39, 0.29) is 33.3 Å². The molecule has 30 heteroatoms.